The number of aryl methyl sites for hydroxylation is 3. The van der Waals surface area contributed by atoms with Gasteiger partial charge in [0.15, 0.2) is 0 Å². The minimum Gasteiger partial charge on any atom is -0.496 e. The molecule has 1 unspecified atom stereocenters. The summed E-state index contributed by atoms with van der Waals surface area (Å²) >= 11 is 0. The molecule has 0 spiro atoms. The number of rotatable bonds is 5. The zero-order valence-electron chi connectivity index (χ0n) is 13.6. The number of aromatic nitrogens is 2. The van der Waals surface area contributed by atoms with E-state index in [1.807, 2.05) is 0 Å². The second-order valence-corrected chi connectivity index (χ2v) is 5.51. The Bertz CT molecular complexity index is 599. The average molecular weight is 289 g/mol. The molecule has 1 aromatic carbocycles. The number of benzene rings is 1. The maximum Gasteiger partial charge on any atom is 0.233 e. The van der Waals surface area contributed by atoms with Crippen molar-refractivity contribution in [2.24, 2.45) is 0 Å². The second kappa shape index (κ2) is 6.26. The highest BCUT2D eigenvalue weighted by Gasteiger charge is 2.18. The molecule has 1 heterocycles. The van der Waals surface area contributed by atoms with E-state index in [1.54, 1.807) is 14.0 Å². The summed E-state index contributed by atoms with van der Waals surface area (Å²) in [6, 6.07) is 4.40. The Hall–Kier alpha value is -1.88. The van der Waals surface area contributed by atoms with E-state index in [2.05, 4.69) is 55.0 Å². The van der Waals surface area contributed by atoms with Gasteiger partial charge in [-0.25, -0.2) is 0 Å². The van der Waals surface area contributed by atoms with Gasteiger partial charge in [0.2, 0.25) is 11.8 Å². The molecule has 0 radical (unpaired) electrons. The van der Waals surface area contributed by atoms with E-state index < -0.39 is 0 Å². The van der Waals surface area contributed by atoms with Crippen LogP contribution in [0.15, 0.2) is 16.5 Å². The lowest BCUT2D eigenvalue weighted by Gasteiger charge is -2.22. The van der Waals surface area contributed by atoms with Crippen LogP contribution < -0.4 is 4.74 Å². The lowest BCUT2D eigenvalue weighted by molar-refractivity contribution is 0.215. The molecule has 5 nitrogen and oxygen atoms in total. The second-order valence-electron chi connectivity index (χ2n) is 5.51. The van der Waals surface area contributed by atoms with Crippen LogP contribution in [0, 0.1) is 20.8 Å². The van der Waals surface area contributed by atoms with Gasteiger partial charge in [0, 0.05) is 13.5 Å². The Morgan fingerprint density at radius 2 is 1.81 bits per heavy atom. The Morgan fingerprint density at radius 1 is 1.19 bits per heavy atom. The van der Waals surface area contributed by atoms with Crippen molar-refractivity contribution in [3.63, 3.8) is 0 Å². The predicted molar refractivity (Wildman–Crippen MR) is 81.4 cm³/mol. The molecule has 0 aliphatic carbocycles. The fourth-order valence-corrected chi connectivity index (χ4v) is 2.55. The molecule has 2 rings (SSSR count). The largest absolute Gasteiger partial charge is 0.496 e. The third-order valence-corrected chi connectivity index (χ3v) is 3.72. The summed E-state index contributed by atoms with van der Waals surface area (Å²) in [6.45, 7) is 8.82. The predicted octanol–water partition coefficient (Wildman–Crippen LogP) is 3.20. The molecule has 0 bridgehead atoms. The summed E-state index contributed by atoms with van der Waals surface area (Å²) in [7, 11) is 3.76. The Kier molecular flexibility index (Phi) is 4.63. The van der Waals surface area contributed by atoms with Gasteiger partial charge < -0.3 is 9.15 Å². The van der Waals surface area contributed by atoms with Gasteiger partial charge in [-0.05, 0) is 44.5 Å². The van der Waals surface area contributed by atoms with Crippen LogP contribution in [0.3, 0.4) is 0 Å². The van der Waals surface area contributed by atoms with Gasteiger partial charge in [0.1, 0.15) is 5.75 Å². The van der Waals surface area contributed by atoms with E-state index in [-0.39, 0.29) is 6.04 Å². The van der Waals surface area contributed by atoms with Crippen molar-refractivity contribution >= 4 is 0 Å². The van der Waals surface area contributed by atoms with Crippen molar-refractivity contribution in [1.82, 2.24) is 15.1 Å². The maximum absolute atomic E-state index is 5.50. The summed E-state index contributed by atoms with van der Waals surface area (Å²) in [5.74, 6) is 2.21. The van der Waals surface area contributed by atoms with E-state index in [4.69, 9.17) is 9.15 Å². The summed E-state index contributed by atoms with van der Waals surface area (Å²) in [6.07, 6.45) is 0. The van der Waals surface area contributed by atoms with Crippen molar-refractivity contribution in [3.05, 3.63) is 40.6 Å². The highest BCUT2D eigenvalue weighted by molar-refractivity contribution is 5.43. The first-order valence-electron chi connectivity index (χ1n) is 7.06. The minimum absolute atomic E-state index is 0.0777. The van der Waals surface area contributed by atoms with Gasteiger partial charge in [-0.3, -0.25) is 4.90 Å². The van der Waals surface area contributed by atoms with Crippen molar-refractivity contribution in [3.8, 4) is 5.75 Å². The third kappa shape index (κ3) is 3.42. The van der Waals surface area contributed by atoms with Gasteiger partial charge in [0.05, 0.1) is 13.2 Å². The van der Waals surface area contributed by atoms with Crippen LogP contribution in [0.4, 0.5) is 0 Å². The van der Waals surface area contributed by atoms with Gasteiger partial charge in [-0.1, -0.05) is 12.1 Å². The van der Waals surface area contributed by atoms with Gasteiger partial charge in [-0.2, -0.15) is 0 Å². The zero-order chi connectivity index (χ0) is 15.6. The Balaban J connectivity index is 2.14. The van der Waals surface area contributed by atoms with E-state index in [0.29, 0.717) is 11.8 Å². The minimum atomic E-state index is 0.0777. The molecule has 2 aromatic rings. The van der Waals surface area contributed by atoms with E-state index in [0.717, 1.165) is 23.4 Å². The Morgan fingerprint density at radius 3 is 2.29 bits per heavy atom. The van der Waals surface area contributed by atoms with Gasteiger partial charge in [-0.15, -0.1) is 10.2 Å². The molecule has 0 aliphatic rings. The summed E-state index contributed by atoms with van der Waals surface area (Å²) in [5, 5.41) is 7.98. The number of nitrogens with zero attached hydrogens (tertiary/aromatic N) is 3. The number of hydrogen-bond donors (Lipinski definition) is 0. The quantitative estimate of drug-likeness (QED) is 0.846. The highest BCUT2D eigenvalue weighted by Crippen LogP contribution is 2.26. The third-order valence-electron chi connectivity index (χ3n) is 3.72. The van der Waals surface area contributed by atoms with Crippen molar-refractivity contribution in [2.45, 2.75) is 40.3 Å². The molecule has 1 aromatic heterocycles. The molecule has 0 saturated carbocycles. The van der Waals surface area contributed by atoms with Gasteiger partial charge in [0.25, 0.3) is 0 Å². The zero-order valence-corrected chi connectivity index (χ0v) is 13.6. The summed E-state index contributed by atoms with van der Waals surface area (Å²) in [4.78, 5) is 2.19. The van der Waals surface area contributed by atoms with Crippen molar-refractivity contribution in [2.75, 3.05) is 14.2 Å². The molecule has 0 saturated heterocycles. The van der Waals surface area contributed by atoms with E-state index in [1.165, 1.54) is 5.56 Å². The standard InChI is InChI=1S/C16H23N3O2/c1-10-7-14(8-11(2)15(10)20-6)9-19(5)12(3)16-18-17-13(4)21-16/h7-8,12H,9H2,1-6H3. The van der Waals surface area contributed by atoms with Crippen LogP contribution in [0.2, 0.25) is 0 Å². The number of hydrogen-bond acceptors (Lipinski definition) is 5. The molecule has 5 heteroatoms. The fourth-order valence-electron chi connectivity index (χ4n) is 2.55. The van der Waals surface area contributed by atoms with Crippen LogP contribution in [-0.4, -0.2) is 29.3 Å². The number of ether oxygens (including phenoxy) is 1. The van der Waals surface area contributed by atoms with E-state index >= 15 is 0 Å². The normalized spacial score (nSPS) is 12.7. The summed E-state index contributed by atoms with van der Waals surface area (Å²) in [5.41, 5.74) is 3.56. The first-order valence-corrected chi connectivity index (χ1v) is 7.06. The number of methoxy groups -OCH3 is 1. The highest BCUT2D eigenvalue weighted by atomic mass is 16.5. The molecule has 0 amide bonds. The van der Waals surface area contributed by atoms with Crippen LogP contribution in [0.25, 0.3) is 0 Å². The molecule has 1 atom stereocenters. The topological polar surface area (TPSA) is 51.4 Å². The summed E-state index contributed by atoms with van der Waals surface area (Å²) < 4.78 is 10.9. The van der Waals surface area contributed by atoms with Gasteiger partial charge >= 0.3 is 0 Å². The monoisotopic (exact) mass is 289 g/mol. The lowest BCUT2D eigenvalue weighted by atomic mass is 10.0. The van der Waals surface area contributed by atoms with Crippen LogP contribution in [-0.2, 0) is 6.54 Å². The smallest absolute Gasteiger partial charge is 0.233 e. The Labute approximate surface area is 125 Å². The SMILES string of the molecule is COc1c(C)cc(CN(C)C(C)c2nnc(C)o2)cc1C. The molecule has 114 valence electrons. The van der Waals surface area contributed by atoms with Crippen molar-refractivity contribution in [1.29, 1.82) is 0 Å². The molecule has 21 heavy (non-hydrogen) atoms. The van der Waals surface area contributed by atoms with Crippen molar-refractivity contribution < 1.29 is 9.15 Å². The van der Waals surface area contributed by atoms with Crippen LogP contribution in [0.5, 0.6) is 5.75 Å². The van der Waals surface area contributed by atoms with Crippen LogP contribution in [0.1, 0.15) is 41.4 Å². The first kappa shape index (κ1) is 15.5. The lowest BCUT2D eigenvalue weighted by Crippen LogP contribution is -2.22. The fraction of sp³-hybridized carbons (Fsp3) is 0.500. The first-order chi connectivity index (χ1) is 9.92. The van der Waals surface area contributed by atoms with Crippen LogP contribution >= 0.6 is 0 Å². The molecule has 0 N–H and O–H groups in total. The molecular formula is C16H23N3O2. The molecule has 0 fully saturated rings. The molecule has 0 aliphatic heterocycles. The molecular weight excluding hydrogens is 266 g/mol. The van der Waals surface area contributed by atoms with E-state index in [9.17, 15) is 0 Å². The maximum atomic E-state index is 5.50. The average Bonchev–Trinajstić information content (AvgIpc) is 2.84.